The maximum Gasteiger partial charge on any atom is 0.237 e. The smallest absolute Gasteiger partial charge is 0.237 e. The molecule has 0 saturated carbocycles. The third kappa shape index (κ3) is 4.46. The summed E-state index contributed by atoms with van der Waals surface area (Å²) in [6.07, 6.45) is 0.809. The molecule has 0 aliphatic carbocycles. The van der Waals surface area contributed by atoms with E-state index < -0.39 is 0 Å². The van der Waals surface area contributed by atoms with Crippen LogP contribution in [0.15, 0.2) is 48.5 Å². The van der Waals surface area contributed by atoms with Crippen LogP contribution in [0, 0.1) is 6.92 Å². The van der Waals surface area contributed by atoms with Crippen molar-refractivity contribution in [3.8, 4) is 0 Å². The van der Waals surface area contributed by atoms with E-state index in [2.05, 4.69) is 27.9 Å². The van der Waals surface area contributed by atoms with Crippen molar-refractivity contribution in [3.63, 3.8) is 0 Å². The van der Waals surface area contributed by atoms with Gasteiger partial charge in [0.25, 0.3) is 0 Å². The lowest BCUT2D eigenvalue weighted by Gasteiger charge is -2.13. The van der Waals surface area contributed by atoms with E-state index in [0.29, 0.717) is 6.54 Å². The van der Waals surface area contributed by atoms with Gasteiger partial charge in [0.2, 0.25) is 5.91 Å². The van der Waals surface area contributed by atoms with Crippen LogP contribution in [-0.4, -0.2) is 12.5 Å². The normalized spacial score (nSPS) is 11.9. The van der Waals surface area contributed by atoms with Gasteiger partial charge in [0, 0.05) is 12.2 Å². The third-order valence-electron chi connectivity index (χ3n) is 3.38. The first kappa shape index (κ1) is 15.8. The number of alkyl halides is 1. The van der Waals surface area contributed by atoms with Crippen LogP contribution in [-0.2, 0) is 11.2 Å². The van der Waals surface area contributed by atoms with E-state index in [0.717, 1.165) is 23.2 Å². The topological polar surface area (TPSA) is 55.1 Å². The molecule has 1 amide bonds. The number of carbonyl (C=O) groups is 1. The fourth-order valence-electron chi connectivity index (χ4n) is 2.12. The minimum absolute atomic E-state index is 0.0559. The van der Waals surface area contributed by atoms with Gasteiger partial charge < -0.3 is 11.1 Å². The van der Waals surface area contributed by atoms with Crippen molar-refractivity contribution < 1.29 is 4.79 Å². The minimum atomic E-state index is -0.157. The highest BCUT2D eigenvalue weighted by molar-refractivity contribution is 14.1. The molecule has 0 fully saturated rings. The molecule has 0 aliphatic rings. The summed E-state index contributed by atoms with van der Waals surface area (Å²) in [5, 5.41) is 2.99. The highest BCUT2D eigenvalue weighted by Crippen LogP contribution is 2.26. The number of carbonyl (C=O) groups excluding carboxylic acids is 1. The van der Waals surface area contributed by atoms with Crippen LogP contribution in [0.4, 0.5) is 5.69 Å². The molecule has 3 nitrogen and oxygen atoms in total. The number of halogens is 1. The van der Waals surface area contributed by atoms with Crippen LogP contribution in [0.2, 0.25) is 0 Å². The van der Waals surface area contributed by atoms with Gasteiger partial charge in [-0.25, -0.2) is 0 Å². The Bertz CT molecular complexity index is 610. The lowest BCUT2D eigenvalue weighted by molar-refractivity contribution is -0.120. The molecule has 0 heterocycles. The first-order chi connectivity index (χ1) is 10.1. The molecule has 2 aromatic rings. The predicted octanol–water partition coefficient (Wildman–Crippen LogP) is 3.41. The average molecular weight is 394 g/mol. The van der Waals surface area contributed by atoms with E-state index in [4.69, 9.17) is 5.73 Å². The van der Waals surface area contributed by atoms with E-state index in [1.807, 2.05) is 55.5 Å². The molecular weight excluding hydrogens is 375 g/mol. The standard InChI is InChI=1S/C17H19IN2O/c1-12-4-2-3-5-15(12)16(18)17(21)20-11-10-13-6-8-14(19)9-7-13/h2-9,16H,10-11,19H2,1H3,(H,20,21). The van der Waals surface area contributed by atoms with Gasteiger partial charge in [-0.2, -0.15) is 0 Å². The summed E-state index contributed by atoms with van der Waals surface area (Å²) in [6.45, 7) is 2.66. The van der Waals surface area contributed by atoms with Gasteiger partial charge in [-0.15, -0.1) is 0 Å². The lowest BCUT2D eigenvalue weighted by Crippen LogP contribution is -2.29. The maximum atomic E-state index is 12.2. The predicted molar refractivity (Wildman–Crippen MR) is 95.5 cm³/mol. The Labute approximate surface area is 139 Å². The van der Waals surface area contributed by atoms with E-state index >= 15 is 0 Å². The van der Waals surface area contributed by atoms with Gasteiger partial charge in [0.1, 0.15) is 3.92 Å². The van der Waals surface area contributed by atoms with Crippen LogP contribution >= 0.6 is 22.6 Å². The van der Waals surface area contributed by atoms with Crippen molar-refractivity contribution >= 4 is 34.2 Å². The summed E-state index contributed by atoms with van der Waals surface area (Å²) in [7, 11) is 0. The van der Waals surface area contributed by atoms with Crippen molar-refractivity contribution in [3.05, 3.63) is 65.2 Å². The minimum Gasteiger partial charge on any atom is -0.399 e. The molecule has 2 rings (SSSR count). The number of amides is 1. The van der Waals surface area contributed by atoms with E-state index in [-0.39, 0.29) is 9.83 Å². The third-order valence-corrected chi connectivity index (χ3v) is 4.62. The van der Waals surface area contributed by atoms with Gasteiger partial charge in [0.05, 0.1) is 0 Å². The quantitative estimate of drug-likeness (QED) is 0.464. The zero-order valence-electron chi connectivity index (χ0n) is 12.0. The van der Waals surface area contributed by atoms with Gasteiger partial charge in [-0.05, 0) is 42.2 Å². The van der Waals surface area contributed by atoms with E-state index in [9.17, 15) is 4.79 Å². The molecule has 0 aliphatic heterocycles. The van der Waals surface area contributed by atoms with Crippen LogP contribution in [0.3, 0.4) is 0 Å². The summed E-state index contributed by atoms with van der Waals surface area (Å²) >= 11 is 2.19. The molecule has 0 saturated heterocycles. The van der Waals surface area contributed by atoms with Gasteiger partial charge in [-0.1, -0.05) is 59.0 Å². The van der Waals surface area contributed by atoms with Crippen molar-refractivity contribution in [2.75, 3.05) is 12.3 Å². The van der Waals surface area contributed by atoms with Gasteiger partial charge in [-0.3, -0.25) is 4.79 Å². The number of aryl methyl sites for hydroxylation is 1. The average Bonchev–Trinajstić information content (AvgIpc) is 2.49. The SMILES string of the molecule is Cc1ccccc1C(I)C(=O)NCCc1ccc(N)cc1. The highest BCUT2D eigenvalue weighted by atomic mass is 127. The fourth-order valence-corrected chi connectivity index (χ4v) is 3.04. The molecule has 3 N–H and O–H groups in total. The van der Waals surface area contributed by atoms with Crippen molar-refractivity contribution in [2.45, 2.75) is 17.3 Å². The zero-order chi connectivity index (χ0) is 15.2. The second-order valence-electron chi connectivity index (χ2n) is 5.00. The van der Waals surface area contributed by atoms with Gasteiger partial charge >= 0.3 is 0 Å². The summed E-state index contributed by atoms with van der Waals surface area (Å²) in [5.74, 6) is 0.0559. The van der Waals surface area contributed by atoms with Crippen molar-refractivity contribution in [1.82, 2.24) is 5.32 Å². The monoisotopic (exact) mass is 394 g/mol. The Morgan fingerprint density at radius 2 is 1.86 bits per heavy atom. The number of benzene rings is 2. The molecule has 1 atom stereocenters. The van der Waals surface area contributed by atoms with Crippen LogP contribution in [0.1, 0.15) is 20.6 Å². The number of hydrogen-bond donors (Lipinski definition) is 2. The van der Waals surface area contributed by atoms with Crippen molar-refractivity contribution in [1.29, 1.82) is 0 Å². The molecular formula is C17H19IN2O. The first-order valence-corrected chi connectivity index (χ1v) is 8.14. The number of nitrogens with one attached hydrogen (secondary N) is 1. The fraction of sp³-hybridized carbons (Fsp3) is 0.235. The van der Waals surface area contributed by atoms with E-state index in [1.165, 1.54) is 5.56 Å². The molecule has 0 aromatic heterocycles. The molecule has 0 bridgehead atoms. The van der Waals surface area contributed by atoms with Crippen LogP contribution in [0.25, 0.3) is 0 Å². The van der Waals surface area contributed by atoms with Crippen molar-refractivity contribution in [2.24, 2.45) is 0 Å². The molecule has 21 heavy (non-hydrogen) atoms. The number of hydrogen-bond acceptors (Lipinski definition) is 2. The maximum absolute atomic E-state index is 12.2. The van der Waals surface area contributed by atoms with Crippen LogP contribution < -0.4 is 11.1 Å². The Kier molecular flexibility index (Phi) is 5.61. The Hall–Kier alpha value is -1.56. The molecule has 2 aromatic carbocycles. The Morgan fingerprint density at radius 1 is 1.19 bits per heavy atom. The van der Waals surface area contributed by atoms with E-state index in [1.54, 1.807) is 0 Å². The molecule has 110 valence electrons. The Morgan fingerprint density at radius 3 is 2.52 bits per heavy atom. The highest BCUT2D eigenvalue weighted by Gasteiger charge is 2.17. The lowest BCUT2D eigenvalue weighted by atomic mass is 10.1. The largest absolute Gasteiger partial charge is 0.399 e. The summed E-state index contributed by atoms with van der Waals surface area (Å²) in [4.78, 5) is 12.2. The number of nitrogens with two attached hydrogens (primary N) is 1. The molecule has 1 unspecified atom stereocenters. The van der Waals surface area contributed by atoms with Crippen LogP contribution in [0.5, 0.6) is 0 Å². The number of rotatable bonds is 5. The summed E-state index contributed by atoms with van der Waals surface area (Å²) in [5.41, 5.74) is 9.80. The summed E-state index contributed by atoms with van der Waals surface area (Å²) < 4.78 is -0.157. The Balaban J connectivity index is 1.87. The number of nitrogen functional groups attached to an aromatic ring is 1. The number of anilines is 1. The molecule has 0 spiro atoms. The molecule has 0 radical (unpaired) electrons. The zero-order valence-corrected chi connectivity index (χ0v) is 14.1. The first-order valence-electron chi connectivity index (χ1n) is 6.89. The second-order valence-corrected chi connectivity index (χ2v) is 6.25. The summed E-state index contributed by atoms with van der Waals surface area (Å²) in [6, 6.07) is 15.7. The molecule has 4 heteroatoms. The van der Waals surface area contributed by atoms with Gasteiger partial charge in [0.15, 0.2) is 0 Å². The second kappa shape index (κ2) is 7.45.